The monoisotopic (exact) mass is 256 g/mol. The van der Waals surface area contributed by atoms with E-state index in [9.17, 15) is 0 Å². The first-order valence-electron chi connectivity index (χ1n) is 7.49. The summed E-state index contributed by atoms with van der Waals surface area (Å²) in [5, 5.41) is 8.75. The first-order chi connectivity index (χ1) is 8.44. The topological polar surface area (TPSA) is 49.5 Å². The van der Waals surface area contributed by atoms with Crippen molar-refractivity contribution in [2.75, 3.05) is 26.7 Å². The first-order valence-corrected chi connectivity index (χ1v) is 7.49. The third kappa shape index (κ3) is 5.68. The van der Waals surface area contributed by atoms with Gasteiger partial charge in [0, 0.05) is 19.2 Å². The highest BCUT2D eigenvalue weighted by Crippen LogP contribution is 2.38. The maximum Gasteiger partial charge on any atom is 0.0431 e. The van der Waals surface area contributed by atoms with Crippen molar-refractivity contribution in [1.82, 2.24) is 4.90 Å². The van der Waals surface area contributed by atoms with Gasteiger partial charge < -0.3 is 15.7 Å². The zero-order valence-corrected chi connectivity index (χ0v) is 12.5. The molecule has 108 valence electrons. The van der Waals surface area contributed by atoms with E-state index in [0.717, 1.165) is 25.9 Å². The Labute approximate surface area is 113 Å². The number of nitrogens with two attached hydrogens (primary N) is 1. The lowest BCUT2D eigenvalue weighted by molar-refractivity contribution is 0.124. The van der Waals surface area contributed by atoms with Crippen molar-refractivity contribution >= 4 is 0 Å². The predicted octanol–water partition coefficient (Wildman–Crippen LogP) is 2.23. The fraction of sp³-hybridized carbons (Fsp3) is 1.00. The summed E-state index contributed by atoms with van der Waals surface area (Å²) in [6.45, 7) is 7.32. The van der Waals surface area contributed by atoms with Crippen LogP contribution in [0, 0.1) is 11.3 Å². The average Bonchev–Trinajstić information content (AvgIpc) is 2.29. The molecular weight excluding hydrogens is 224 g/mol. The number of aliphatic hydroxyl groups is 1. The van der Waals surface area contributed by atoms with Crippen molar-refractivity contribution in [2.24, 2.45) is 17.1 Å². The Hall–Kier alpha value is -0.120. The molecule has 0 radical (unpaired) electrons. The molecule has 0 bridgehead atoms. The molecule has 2 unspecified atom stereocenters. The second kappa shape index (κ2) is 7.46. The second-order valence-corrected chi connectivity index (χ2v) is 6.88. The first kappa shape index (κ1) is 15.9. The highest BCUT2D eigenvalue weighted by molar-refractivity contribution is 4.88. The van der Waals surface area contributed by atoms with Gasteiger partial charge in [-0.1, -0.05) is 13.8 Å². The van der Waals surface area contributed by atoms with Crippen molar-refractivity contribution in [3.8, 4) is 0 Å². The van der Waals surface area contributed by atoms with E-state index < -0.39 is 0 Å². The number of hydrogen-bond acceptors (Lipinski definition) is 3. The fourth-order valence-electron chi connectivity index (χ4n) is 3.12. The van der Waals surface area contributed by atoms with Crippen LogP contribution in [0.5, 0.6) is 0 Å². The SMILES string of the molecule is CN(CCCCCO)CC1CC(C)(C)CCC1N. The quantitative estimate of drug-likeness (QED) is 0.687. The largest absolute Gasteiger partial charge is 0.396 e. The van der Waals surface area contributed by atoms with Crippen LogP contribution in [-0.2, 0) is 0 Å². The zero-order chi connectivity index (χ0) is 13.6. The van der Waals surface area contributed by atoms with Gasteiger partial charge in [0.15, 0.2) is 0 Å². The van der Waals surface area contributed by atoms with Crippen LogP contribution >= 0.6 is 0 Å². The number of hydrogen-bond donors (Lipinski definition) is 2. The van der Waals surface area contributed by atoms with Crippen LogP contribution in [0.4, 0.5) is 0 Å². The predicted molar refractivity (Wildman–Crippen MR) is 77.5 cm³/mol. The van der Waals surface area contributed by atoms with Gasteiger partial charge in [-0.2, -0.15) is 0 Å². The Bertz CT molecular complexity index is 231. The van der Waals surface area contributed by atoms with E-state index >= 15 is 0 Å². The molecule has 0 aromatic heterocycles. The number of rotatable bonds is 7. The van der Waals surface area contributed by atoms with Crippen molar-refractivity contribution in [1.29, 1.82) is 0 Å². The normalized spacial score (nSPS) is 27.7. The van der Waals surface area contributed by atoms with Gasteiger partial charge in [0.2, 0.25) is 0 Å². The Balaban J connectivity index is 2.26. The van der Waals surface area contributed by atoms with Gasteiger partial charge >= 0.3 is 0 Å². The lowest BCUT2D eigenvalue weighted by Gasteiger charge is -2.40. The van der Waals surface area contributed by atoms with Gasteiger partial charge in [0.25, 0.3) is 0 Å². The summed E-state index contributed by atoms with van der Waals surface area (Å²) >= 11 is 0. The smallest absolute Gasteiger partial charge is 0.0431 e. The van der Waals surface area contributed by atoms with Crippen LogP contribution in [0.3, 0.4) is 0 Å². The summed E-state index contributed by atoms with van der Waals surface area (Å²) in [7, 11) is 2.20. The summed E-state index contributed by atoms with van der Waals surface area (Å²) in [4.78, 5) is 2.42. The van der Waals surface area contributed by atoms with Crippen LogP contribution in [-0.4, -0.2) is 42.8 Å². The van der Waals surface area contributed by atoms with Crippen molar-refractivity contribution in [3.05, 3.63) is 0 Å². The Morgan fingerprint density at radius 1 is 1.28 bits per heavy atom. The molecule has 1 saturated carbocycles. The van der Waals surface area contributed by atoms with Gasteiger partial charge in [0.1, 0.15) is 0 Å². The number of nitrogens with zero attached hydrogens (tertiary/aromatic N) is 1. The van der Waals surface area contributed by atoms with E-state index in [-0.39, 0.29) is 0 Å². The molecule has 18 heavy (non-hydrogen) atoms. The van der Waals surface area contributed by atoms with Crippen LogP contribution in [0.15, 0.2) is 0 Å². The van der Waals surface area contributed by atoms with Crippen LogP contribution in [0.2, 0.25) is 0 Å². The van der Waals surface area contributed by atoms with Crippen LogP contribution < -0.4 is 5.73 Å². The average molecular weight is 256 g/mol. The highest BCUT2D eigenvalue weighted by Gasteiger charge is 2.33. The maximum absolute atomic E-state index is 8.75. The highest BCUT2D eigenvalue weighted by atomic mass is 16.2. The molecule has 0 aromatic carbocycles. The van der Waals surface area contributed by atoms with Crippen molar-refractivity contribution in [3.63, 3.8) is 0 Å². The Morgan fingerprint density at radius 3 is 2.67 bits per heavy atom. The molecule has 1 fully saturated rings. The van der Waals surface area contributed by atoms with Crippen LogP contribution in [0.25, 0.3) is 0 Å². The van der Waals surface area contributed by atoms with E-state index in [0.29, 0.717) is 24.0 Å². The zero-order valence-electron chi connectivity index (χ0n) is 12.5. The Kier molecular flexibility index (Phi) is 6.61. The summed E-state index contributed by atoms with van der Waals surface area (Å²) < 4.78 is 0. The minimum atomic E-state index is 0.325. The fourth-order valence-corrected chi connectivity index (χ4v) is 3.12. The van der Waals surface area contributed by atoms with E-state index in [4.69, 9.17) is 10.8 Å². The lowest BCUT2D eigenvalue weighted by atomic mass is 9.70. The number of aliphatic hydroxyl groups excluding tert-OH is 1. The standard InChI is InChI=1S/C15H32N2O/c1-15(2)8-7-14(16)13(11-15)12-17(3)9-5-4-6-10-18/h13-14,18H,4-12,16H2,1-3H3. The van der Waals surface area contributed by atoms with Gasteiger partial charge in [-0.25, -0.2) is 0 Å². The van der Waals surface area contributed by atoms with Gasteiger partial charge in [-0.15, -0.1) is 0 Å². The summed E-state index contributed by atoms with van der Waals surface area (Å²) in [6.07, 6.45) is 6.95. The molecule has 1 aliphatic carbocycles. The van der Waals surface area contributed by atoms with Gasteiger partial charge in [0.05, 0.1) is 0 Å². The van der Waals surface area contributed by atoms with Crippen LogP contribution in [0.1, 0.15) is 52.4 Å². The third-order valence-electron chi connectivity index (χ3n) is 4.32. The molecule has 3 N–H and O–H groups in total. The van der Waals surface area contributed by atoms with Crippen molar-refractivity contribution in [2.45, 2.75) is 58.4 Å². The van der Waals surface area contributed by atoms with E-state index in [1.807, 2.05) is 0 Å². The molecule has 0 aromatic rings. The molecule has 0 saturated heterocycles. The minimum Gasteiger partial charge on any atom is -0.396 e. The second-order valence-electron chi connectivity index (χ2n) is 6.88. The molecule has 0 amide bonds. The Morgan fingerprint density at radius 2 is 2.00 bits per heavy atom. The molecular formula is C15H32N2O. The maximum atomic E-state index is 8.75. The van der Waals surface area contributed by atoms with E-state index in [1.54, 1.807) is 0 Å². The molecule has 0 aliphatic heterocycles. The van der Waals surface area contributed by atoms with Gasteiger partial charge in [-0.3, -0.25) is 0 Å². The molecule has 0 heterocycles. The molecule has 1 rings (SSSR count). The summed E-state index contributed by atoms with van der Waals surface area (Å²) in [6, 6.07) is 0.387. The lowest BCUT2D eigenvalue weighted by Crippen LogP contribution is -2.44. The molecule has 2 atom stereocenters. The van der Waals surface area contributed by atoms with Gasteiger partial charge in [-0.05, 0) is 63.5 Å². The molecule has 3 heteroatoms. The minimum absolute atomic E-state index is 0.325. The van der Waals surface area contributed by atoms with Crippen molar-refractivity contribution < 1.29 is 5.11 Å². The summed E-state index contributed by atoms with van der Waals surface area (Å²) in [5.41, 5.74) is 6.74. The molecule has 3 nitrogen and oxygen atoms in total. The molecule has 0 spiro atoms. The summed E-state index contributed by atoms with van der Waals surface area (Å²) in [5.74, 6) is 0.650. The van der Waals surface area contributed by atoms with E-state index in [1.165, 1.54) is 25.7 Å². The van der Waals surface area contributed by atoms with E-state index in [2.05, 4.69) is 25.8 Å². The number of unbranched alkanes of at least 4 members (excludes halogenated alkanes) is 2. The third-order valence-corrected chi connectivity index (χ3v) is 4.32. The molecule has 1 aliphatic rings.